The third kappa shape index (κ3) is 6.99. The zero-order valence-corrected chi connectivity index (χ0v) is 23.1. The first-order valence-corrected chi connectivity index (χ1v) is 14.4. The molecule has 2 aromatic carbocycles. The molecule has 1 aliphatic rings. The number of rotatable bonds is 8. The number of piperidine rings is 1. The summed E-state index contributed by atoms with van der Waals surface area (Å²) in [5.41, 5.74) is 3.88. The number of hydrogen-bond acceptors (Lipinski definition) is 4. The number of sulfonamides is 1. The number of halogens is 1. The van der Waals surface area contributed by atoms with Gasteiger partial charge in [0.25, 0.3) is 0 Å². The molecule has 0 spiro atoms. The van der Waals surface area contributed by atoms with E-state index in [1.165, 1.54) is 30.3 Å². The van der Waals surface area contributed by atoms with Crippen LogP contribution in [0.15, 0.2) is 36.4 Å². The Labute approximate surface area is 215 Å². The molecule has 36 heavy (non-hydrogen) atoms. The van der Waals surface area contributed by atoms with Gasteiger partial charge in [0, 0.05) is 25.3 Å². The van der Waals surface area contributed by atoms with E-state index in [4.69, 9.17) is 0 Å². The Bertz CT molecular complexity index is 1180. The van der Waals surface area contributed by atoms with Crippen LogP contribution in [-0.2, 0) is 26.8 Å². The van der Waals surface area contributed by atoms with Crippen molar-refractivity contribution in [3.05, 3.63) is 58.9 Å². The molecular weight excluding hydrogens is 477 g/mol. The Morgan fingerprint density at radius 1 is 1.14 bits per heavy atom. The quantitative estimate of drug-likeness (QED) is 0.482. The second kappa shape index (κ2) is 11.2. The Balaban J connectivity index is 1.75. The highest BCUT2D eigenvalue weighted by molar-refractivity contribution is 7.92. The lowest BCUT2D eigenvalue weighted by atomic mass is 9.85. The SMILES string of the molecule is CCS(=O)(=O)Nc1ccc(C(C)C(=O)NCc2ccc(C(C)(C)C)cc2N2CCC(C)CC2)cc1F. The van der Waals surface area contributed by atoms with Gasteiger partial charge in [-0.1, -0.05) is 45.9 Å². The number of carbonyl (C=O) groups is 1. The minimum absolute atomic E-state index is 0.0235. The Hall–Kier alpha value is -2.61. The third-order valence-electron chi connectivity index (χ3n) is 7.06. The highest BCUT2D eigenvalue weighted by Gasteiger charge is 2.23. The lowest BCUT2D eigenvalue weighted by molar-refractivity contribution is -0.122. The minimum Gasteiger partial charge on any atom is -0.371 e. The van der Waals surface area contributed by atoms with Crippen molar-refractivity contribution >= 4 is 27.3 Å². The van der Waals surface area contributed by atoms with Crippen molar-refractivity contribution in [2.75, 3.05) is 28.5 Å². The lowest BCUT2D eigenvalue weighted by Crippen LogP contribution is -2.35. The first kappa shape index (κ1) is 28.0. The predicted octanol–water partition coefficient (Wildman–Crippen LogP) is 5.54. The topological polar surface area (TPSA) is 78.5 Å². The second-order valence-corrected chi connectivity index (χ2v) is 13.0. The van der Waals surface area contributed by atoms with Crippen LogP contribution in [0.5, 0.6) is 0 Å². The van der Waals surface area contributed by atoms with Gasteiger partial charge in [-0.05, 0) is 72.9 Å². The summed E-state index contributed by atoms with van der Waals surface area (Å²) >= 11 is 0. The van der Waals surface area contributed by atoms with Crippen LogP contribution in [0.1, 0.15) is 77.0 Å². The van der Waals surface area contributed by atoms with Gasteiger partial charge in [-0.25, -0.2) is 12.8 Å². The highest BCUT2D eigenvalue weighted by atomic mass is 32.2. The van der Waals surface area contributed by atoms with E-state index in [9.17, 15) is 17.6 Å². The first-order valence-electron chi connectivity index (χ1n) is 12.8. The van der Waals surface area contributed by atoms with Crippen molar-refractivity contribution < 1.29 is 17.6 Å². The van der Waals surface area contributed by atoms with E-state index in [1.54, 1.807) is 13.0 Å². The molecule has 1 amide bonds. The van der Waals surface area contributed by atoms with Gasteiger partial charge in [-0.15, -0.1) is 0 Å². The highest BCUT2D eigenvalue weighted by Crippen LogP contribution is 2.32. The summed E-state index contributed by atoms with van der Waals surface area (Å²) in [6.07, 6.45) is 2.30. The molecule has 0 bridgehead atoms. The average molecular weight is 518 g/mol. The van der Waals surface area contributed by atoms with E-state index < -0.39 is 21.8 Å². The van der Waals surface area contributed by atoms with Crippen LogP contribution in [-0.4, -0.2) is 33.2 Å². The zero-order valence-electron chi connectivity index (χ0n) is 22.3. The van der Waals surface area contributed by atoms with E-state index in [0.717, 1.165) is 37.4 Å². The molecule has 2 N–H and O–H groups in total. The maximum absolute atomic E-state index is 14.5. The summed E-state index contributed by atoms with van der Waals surface area (Å²) in [6, 6.07) is 10.7. The maximum Gasteiger partial charge on any atom is 0.232 e. The fourth-order valence-corrected chi connectivity index (χ4v) is 4.98. The summed E-state index contributed by atoms with van der Waals surface area (Å²) in [6.45, 7) is 14.5. The Morgan fingerprint density at radius 2 is 1.81 bits per heavy atom. The smallest absolute Gasteiger partial charge is 0.232 e. The van der Waals surface area contributed by atoms with Crippen LogP contribution in [0.25, 0.3) is 0 Å². The van der Waals surface area contributed by atoms with E-state index in [1.807, 2.05) is 0 Å². The number of amides is 1. The van der Waals surface area contributed by atoms with Gasteiger partial charge in [0.05, 0.1) is 17.4 Å². The summed E-state index contributed by atoms with van der Waals surface area (Å²) in [4.78, 5) is 15.4. The summed E-state index contributed by atoms with van der Waals surface area (Å²) in [5.74, 6) is -0.940. The summed E-state index contributed by atoms with van der Waals surface area (Å²) in [5, 5.41) is 3.03. The molecule has 2 aromatic rings. The van der Waals surface area contributed by atoms with Crippen LogP contribution < -0.4 is 14.9 Å². The van der Waals surface area contributed by atoms with Gasteiger partial charge < -0.3 is 10.2 Å². The van der Waals surface area contributed by atoms with Gasteiger partial charge in [-0.2, -0.15) is 0 Å². The fourth-order valence-electron chi connectivity index (χ4n) is 4.33. The molecule has 0 aliphatic carbocycles. The van der Waals surface area contributed by atoms with Crippen molar-refractivity contribution in [1.82, 2.24) is 5.32 Å². The molecule has 0 saturated carbocycles. The Morgan fingerprint density at radius 3 is 2.39 bits per heavy atom. The summed E-state index contributed by atoms with van der Waals surface area (Å²) < 4.78 is 40.3. The molecule has 1 saturated heterocycles. The van der Waals surface area contributed by atoms with Crippen LogP contribution in [0.2, 0.25) is 0 Å². The van der Waals surface area contributed by atoms with Crippen LogP contribution in [0.3, 0.4) is 0 Å². The molecular formula is C28H40FN3O3S. The third-order valence-corrected chi connectivity index (χ3v) is 8.35. The van der Waals surface area contributed by atoms with Crippen molar-refractivity contribution in [3.63, 3.8) is 0 Å². The van der Waals surface area contributed by atoms with Gasteiger partial charge in [0.1, 0.15) is 5.82 Å². The standard InChI is InChI=1S/C28H40FN3O3S/c1-7-36(34,35)31-25-11-9-21(16-24(25)29)20(3)27(33)30-18-22-8-10-23(28(4,5)6)17-26(22)32-14-12-19(2)13-15-32/h8-11,16-17,19-20,31H,7,12-15,18H2,1-6H3,(H,30,33). The molecule has 1 unspecified atom stereocenters. The minimum atomic E-state index is -3.59. The number of nitrogens with one attached hydrogen (secondary N) is 2. The summed E-state index contributed by atoms with van der Waals surface area (Å²) in [7, 11) is -3.59. The maximum atomic E-state index is 14.5. The van der Waals surface area contributed by atoms with Crippen molar-refractivity contribution in [2.24, 2.45) is 5.92 Å². The zero-order chi connectivity index (χ0) is 26.7. The van der Waals surface area contributed by atoms with Gasteiger partial charge in [0.2, 0.25) is 15.9 Å². The average Bonchev–Trinajstić information content (AvgIpc) is 2.83. The van der Waals surface area contributed by atoms with Gasteiger partial charge >= 0.3 is 0 Å². The number of benzene rings is 2. The van der Waals surface area contributed by atoms with Gasteiger partial charge in [0.15, 0.2) is 0 Å². The van der Waals surface area contributed by atoms with Crippen molar-refractivity contribution in [2.45, 2.75) is 72.3 Å². The molecule has 198 valence electrons. The molecule has 0 radical (unpaired) electrons. The monoisotopic (exact) mass is 517 g/mol. The normalized spacial score (nSPS) is 16.0. The number of hydrogen-bond donors (Lipinski definition) is 2. The van der Waals surface area contributed by atoms with E-state index in [0.29, 0.717) is 12.1 Å². The molecule has 8 heteroatoms. The fraction of sp³-hybridized carbons (Fsp3) is 0.536. The number of anilines is 2. The Kier molecular flexibility index (Phi) is 8.70. The molecule has 6 nitrogen and oxygen atoms in total. The van der Waals surface area contributed by atoms with Crippen LogP contribution >= 0.6 is 0 Å². The van der Waals surface area contributed by atoms with Crippen LogP contribution in [0, 0.1) is 11.7 Å². The predicted molar refractivity (Wildman–Crippen MR) is 145 cm³/mol. The molecule has 1 heterocycles. The number of nitrogens with zero attached hydrogens (tertiary/aromatic N) is 1. The first-order chi connectivity index (χ1) is 16.8. The molecule has 1 atom stereocenters. The second-order valence-electron chi connectivity index (χ2n) is 10.9. The lowest BCUT2D eigenvalue weighted by Gasteiger charge is -2.35. The van der Waals surface area contributed by atoms with E-state index in [2.05, 4.69) is 60.8 Å². The van der Waals surface area contributed by atoms with Gasteiger partial charge in [-0.3, -0.25) is 9.52 Å². The molecule has 1 fully saturated rings. The molecule has 0 aromatic heterocycles. The van der Waals surface area contributed by atoms with E-state index in [-0.39, 0.29) is 22.8 Å². The molecule has 3 rings (SSSR count). The number of carbonyl (C=O) groups excluding carboxylic acids is 1. The van der Waals surface area contributed by atoms with Crippen LogP contribution in [0.4, 0.5) is 15.8 Å². The van der Waals surface area contributed by atoms with Crippen molar-refractivity contribution in [3.8, 4) is 0 Å². The van der Waals surface area contributed by atoms with E-state index >= 15 is 0 Å². The van der Waals surface area contributed by atoms with Crippen molar-refractivity contribution in [1.29, 1.82) is 0 Å². The molecule has 1 aliphatic heterocycles. The largest absolute Gasteiger partial charge is 0.371 e.